The molecule has 2 atom stereocenters. The van der Waals surface area contributed by atoms with Crippen molar-refractivity contribution < 1.29 is 22.7 Å². The average Bonchev–Trinajstić information content (AvgIpc) is 2.85. The number of amides is 1. The average molecular weight is 353 g/mol. The zero-order valence-corrected chi connectivity index (χ0v) is 13.5. The van der Waals surface area contributed by atoms with Gasteiger partial charge in [-0.3, -0.25) is 4.79 Å². The third-order valence-electron chi connectivity index (χ3n) is 3.76. The molecule has 2 unspecified atom stereocenters. The van der Waals surface area contributed by atoms with Crippen LogP contribution in [0, 0.1) is 5.92 Å². The number of nitrogens with two attached hydrogens (primary N) is 1. The standard InChI is InChI=1S/C15H19F3N2O2.ClH/c1-10-6-11(7-19)8-20(10)14(21)12-2-4-13(5-3-12)22-9-15(16,17)18;/h2-5,10-11H,6-9,19H2,1H3;1H. The van der Waals surface area contributed by atoms with E-state index in [1.807, 2.05) is 6.92 Å². The van der Waals surface area contributed by atoms with Crippen molar-refractivity contribution in [2.45, 2.75) is 25.6 Å². The first-order valence-corrected chi connectivity index (χ1v) is 7.11. The maximum Gasteiger partial charge on any atom is 0.422 e. The highest BCUT2D eigenvalue weighted by Crippen LogP contribution is 2.25. The van der Waals surface area contributed by atoms with Crippen LogP contribution in [0.3, 0.4) is 0 Å². The molecule has 2 rings (SSSR count). The second kappa shape index (κ2) is 7.88. The molecule has 1 saturated heterocycles. The molecule has 1 aromatic rings. The van der Waals surface area contributed by atoms with Crippen molar-refractivity contribution in [2.24, 2.45) is 11.7 Å². The number of benzene rings is 1. The molecule has 1 heterocycles. The fourth-order valence-corrected chi connectivity index (χ4v) is 2.62. The Morgan fingerprint density at radius 3 is 2.43 bits per heavy atom. The summed E-state index contributed by atoms with van der Waals surface area (Å²) in [6, 6.07) is 5.83. The van der Waals surface area contributed by atoms with Crippen molar-refractivity contribution >= 4 is 18.3 Å². The zero-order valence-electron chi connectivity index (χ0n) is 12.7. The molecule has 1 aliphatic heterocycles. The molecular formula is C15H20ClF3N2O2. The van der Waals surface area contributed by atoms with Crippen molar-refractivity contribution in [3.63, 3.8) is 0 Å². The highest BCUT2D eigenvalue weighted by Gasteiger charge is 2.32. The van der Waals surface area contributed by atoms with Gasteiger partial charge in [0.05, 0.1) is 0 Å². The lowest BCUT2D eigenvalue weighted by Crippen LogP contribution is -2.34. The number of halogens is 4. The van der Waals surface area contributed by atoms with Gasteiger partial charge in [-0.25, -0.2) is 0 Å². The molecule has 0 spiro atoms. The van der Waals surface area contributed by atoms with E-state index in [1.165, 1.54) is 24.3 Å². The minimum Gasteiger partial charge on any atom is -0.484 e. The molecule has 1 aromatic carbocycles. The van der Waals surface area contributed by atoms with Crippen LogP contribution in [0.15, 0.2) is 24.3 Å². The summed E-state index contributed by atoms with van der Waals surface area (Å²) in [7, 11) is 0. The van der Waals surface area contributed by atoms with Crippen LogP contribution in [-0.4, -0.2) is 42.7 Å². The van der Waals surface area contributed by atoms with Gasteiger partial charge >= 0.3 is 6.18 Å². The molecule has 1 amide bonds. The number of nitrogens with zero attached hydrogens (tertiary/aromatic N) is 1. The lowest BCUT2D eigenvalue weighted by Gasteiger charge is -2.21. The Bertz CT molecular complexity index is 522. The first-order chi connectivity index (χ1) is 10.3. The van der Waals surface area contributed by atoms with Gasteiger partial charge in [0, 0.05) is 18.2 Å². The Balaban J connectivity index is 0.00000264. The molecule has 130 valence electrons. The number of hydrogen-bond donors (Lipinski definition) is 1. The van der Waals surface area contributed by atoms with Crippen molar-refractivity contribution in [3.05, 3.63) is 29.8 Å². The van der Waals surface area contributed by atoms with E-state index < -0.39 is 12.8 Å². The fourth-order valence-electron chi connectivity index (χ4n) is 2.62. The lowest BCUT2D eigenvalue weighted by molar-refractivity contribution is -0.153. The molecular weight excluding hydrogens is 333 g/mol. The third kappa shape index (κ3) is 5.28. The maximum absolute atomic E-state index is 12.4. The summed E-state index contributed by atoms with van der Waals surface area (Å²) in [6.45, 7) is 1.77. The zero-order chi connectivity index (χ0) is 16.3. The van der Waals surface area contributed by atoms with E-state index in [4.69, 9.17) is 5.73 Å². The minimum absolute atomic E-state index is 0. The summed E-state index contributed by atoms with van der Waals surface area (Å²) < 4.78 is 40.8. The lowest BCUT2D eigenvalue weighted by atomic mass is 10.1. The molecule has 0 bridgehead atoms. The topological polar surface area (TPSA) is 55.6 Å². The van der Waals surface area contributed by atoms with E-state index in [0.717, 1.165) is 6.42 Å². The number of hydrogen-bond acceptors (Lipinski definition) is 3. The number of rotatable bonds is 4. The predicted molar refractivity (Wildman–Crippen MR) is 82.9 cm³/mol. The highest BCUT2D eigenvalue weighted by atomic mass is 35.5. The van der Waals surface area contributed by atoms with Crippen molar-refractivity contribution in [3.8, 4) is 5.75 Å². The SMILES string of the molecule is CC1CC(CN)CN1C(=O)c1ccc(OCC(F)(F)F)cc1.Cl. The minimum atomic E-state index is -4.38. The largest absolute Gasteiger partial charge is 0.484 e. The van der Waals surface area contributed by atoms with Crippen LogP contribution >= 0.6 is 12.4 Å². The number of likely N-dealkylation sites (tertiary alicyclic amines) is 1. The summed E-state index contributed by atoms with van der Waals surface area (Å²) in [5, 5.41) is 0. The Hall–Kier alpha value is -1.47. The molecule has 0 radical (unpaired) electrons. The van der Waals surface area contributed by atoms with Gasteiger partial charge < -0.3 is 15.4 Å². The molecule has 0 aromatic heterocycles. The molecule has 0 aliphatic carbocycles. The van der Waals surface area contributed by atoms with Crippen LogP contribution in [0.25, 0.3) is 0 Å². The Morgan fingerprint density at radius 2 is 1.96 bits per heavy atom. The van der Waals surface area contributed by atoms with Gasteiger partial charge in [-0.1, -0.05) is 0 Å². The van der Waals surface area contributed by atoms with Gasteiger partial charge in [0.2, 0.25) is 0 Å². The Labute approximate surface area is 139 Å². The van der Waals surface area contributed by atoms with E-state index in [9.17, 15) is 18.0 Å². The fraction of sp³-hybridized carbons (Fsp3) is 0.533. The van der Waals surface area contributed by atoms with E-state index in [1.54, 1.807) is 4.90 Å². The molecule has 1 fully saturated rings. The predicted octanol–water partition coefficient (Wildman–Crippen LogP) is 2.86. The van der Waals surface area contributed by atoms with Gasteiger partial charge in [0.1, 0.15) is 5.75 Å². The van der Waals surface area contributed by atoms with Crippen LogP contribution in [-0.2, 0) is 0 Å². The second-order valence-corrected chi connectivity index (χ2v) is 5.57. The maximum atomic E-state index is 12.4. The van der Waals surface area contributed by atoms with Crippen LogP contribution < -0.4 is 10.5 Å². The summed E-state index contributed by atoms with van der Waals surface area (Å²) in [5.74, 6) is 0.252. The monoisotopic (exact) mass is 352 g/mol. The second-order valence-electron chi connectivity index (χ2n) is 5.57. The van der Waals surface area contributed by atoms with E-state index in [0.29, 0.717) is 24.6 Å². The Morgan fingerprint density at radius 1 is 1.35 bits per heavy atom. The summed E-state index contributed by atoms with van der Waals surface area (Å²) in [6.07, 6.45) is -3.51. The van der Waals surface area contributed by atoms with E-state index in [2.05, 4.69) is 4.74 Å². The normalized spacial score (nSPS) is 21.0. The van der Waals surface area contributed by atoms with Crippen molar-refractivity contribution in [1.29, 1.82) is 0 Å². The summed E-state index contributed by atoms with van der Waals surface area (Å²) >= 11 is 0. The van der Waals surface area contributed by atoms with Gasteiger partial charge in [-0.2, -0.15) is 13.2 Å². The van der Waals surface area contributed by atoms with Crippen LogP contribution in [0.1, 0.15) is 23.7 Å². The smallest absolute Gasteiger partial charge is 0.422 e. The molecule has 4 nitrogen and oxygen atoms in total. The van der Waals surface area contributed by atoms with E-state index in [-0.39, 0.29) is 30.1 Å². The molecule has 0 saturated carbocycles. The number of carbonyl (C=O) groups excluding carboxylic acids is 1. The summed E-state index contributed by atoms with van der Waals surface area (Å²) in [4.78, 5) is 14.2. The first kappa shape index (κ1) is 19.6. The van der Waals surface area contributed by atoms with Crippen LogP contribution in [0.4, 0.5) is 13.2 Å². The van der Waals surface area contributed by atoms with Gasteiger partial charge in [0.25, 0.3) is 5.91 Å². The third-order valence-corrected chi connectivity index (χ3v) is 3.76. The van der Waals surface area contributed by atoms with E-state index >= 15 is 0 Å². The Kier molecular flexibility index (Phi) is 6.70. The van der Waals surface area contributed by atoms with Crippen molar-refractivity contribution in [2.75, 3.05) is 19.7 Å². The molecule has 8 heteroatoms. The number of carbonyl (C=O) groups is 1. The van der Waals surface area contributed by atoms with Crippen LogP contribution in [0.5, 0.6) is 5.75 Å². The number of alkyl halides is 3. The van der Waals surface area contributed by atoms with Gasteiger partial charge in [-0.15, -0.1) is 12.4 Å². The van der Waals surface area contributed by atoms with Gasteiger partial charge in [0.15, 0.2) is 6.61 Å². The quantitative estimate of drug-likeness (QED) is 0.906. The first-order valence-electron chi connectivity index (χ1n) is 7.11. The van der Waals surface area contributed by atoms with Crippen molar-refractivity contribution in [1.82, 2.24) is 4.90 Å². The molecule has 23 heavy (non-hydrogen) atoms. The van der Waals surface area contributed by atoms with Crippen LogP contribution in [0.2, 0.25) is 0 Å². The summed E-state index contributed by atoms with van der Waals surface area (Å²) in [5.41, 5.74) is 6.07. The van der Waals surface area contributed by atoms with Gasteiger partial charge in [-0.05, 0) is 50.1 Å². The number of ether oxygens (including phenoxy) is 1. The molecule has 2 N–H and O–H groups in total. The highest BCUT2D eigenvalue weighted by molar-refractivity contribution is 5.94. The molecule has 1 aliphatic rings.